The molecule has 2 saturated heterocycles. The monoisotopic (exact) mass is 475 g/mol. The average molecular weight is 476 g/mol. The normalized spacial score (nSPS) is 20.0. The van der Waals surface area contributed by atoms with Crippen LogP contribution in [0.5, 0.6) is 11.5 Å². The second-order valence-electron chi connectivity index (χ2n) is 7.22. The summed E-state index contributed by atoms with van der Waals surface area (Å²) in [5.74, 6) is 1.10. The number of benzene rings is 2. The lowest BCUT2D eigenvalue weighted by Gasteiger charge is -2.18. The molecule has 0 spiro atoms. The maximum Gasteiger partial charge on any atom is 0.266 e. The fraction of sp³-hybridized carbons (Fsp3) is 0.304. The number of methoxy groups -OCH3 is 1. The predicted molar refractivity (Wildman–Crippen MR) is 128 cm³/mol. The minimum atomic E-state index is -0.0801. The Morgan fingerprint density at radius 2 is 2.13 bits per heavy atom. The summed E-state index contributed by atoms with van der Waals surface area (Å²) in [5, 5.41) is 0.656. The highest BCUT2D eigenvalue weighted by Gasteiger charge is 2.34. The van der Waals surface area contributed by atoms with Gasteiger partial charge in [0.2, 0.25) is 0 Å². The maximum absolute atomic E-state index is 12.8. The summed E-state index contributed by atoms with van der Waals surface area (Å²) in [6.07, 6.45) is 3.88. The van der Waals surface area contributed by atoms with Gasteiger partial charge in [0.05, 0.1) is 24.7 Å². The number of rotatable bonds is 7. The largest absolute Gasteiger partial charge is 0.493 e. The fourth-order valence-electron chi connectivity index (χ4n) is 3.46. The lowest BCUT2D eigenvalue weighted by Crippen LogP contribution is -2.35. The van der Waals surface area contributed by atoms with Crippen LogP contribution < -0.4 is 9.47 Å². The molecular formula is C23H22ClNO4S2. The Bertz CT molecular complexity index is 1020. The van der Waals surface area contributed by atoms with Gasteiger partial charge < -0.3 is 14.2 Å². The minimum absolute atomic E-state index is 0.0662. The predicted octanol–water partition coefficient (Wildman–Crippen LogP) is 5.31. The van der Waals surface area contributed by atoms with Crippen molar-refractivity contribution in [3.8, 4) is 11.5 Å². The summed E-state index contributed by atoms with van der Waals surface area (Å²) in [6, 6.07) is 13.1. The van der Waals surface area contributed by atoms with Crippen LogP contribution in [0.2, 0.25) is 5.02 Å². The third-order valence-electron chi connectivity index (χ3n) is 5.11. The summed E-state index contributed by atoms with van der Waals surface area (Å²) in [6.45, 7) is 1.59. The van der Waals surface area contributed by atoms with Crippen LogP contribution in [0.25, 0.3) is 6.08 Å². The van der Waals surface area contributed by atoms with Gasteiger partial charge in [0.15, 0.2) is 11.5 Å². The van der Waals surface area contributed by atoms with Crippen molar-refractivity contribution in [1.29, 1.82) is 0 Å². The first kappa shape index (κ1) is 22.1. The van der Waals surface area contributed by atoms with Gasteiger partial charge >= 0.3 is 0 Å². The van der Waals surface area contributed by atoms with E-state index in [1.807, 2.05) is 48.5 Å². The highest BCUT2D eigenvalue weighted by atomic mass is 35.5. The van der Waals surface area contributed by atoms with Gasteiger partial charge in [-0.2, -0.15) is 0 Å². The van der Waals surface area contributed by atoms with Crippen molar-refractivity contribution in [3.63, 3.8) is 0 Å². The molecule has 0 unspecified atom stereocenters. The molecule has 31 heavy (non-hydrogen) atoms. The van der Waals surface area contributed by atoms with Crippen LogP contribution in [0.1, 0.15) is 24.0 Å². The van der Waals surface area contributed by atoms with E-state index in [9.17, 15) is 4.79 Å². The van der Waals surface area contributed by atoms with E-state index < -0.39 is 0 Å². The topological polar surface area (TPSA) is 48.0 Å². The zero-order chi connectivity index (χ0) is 21.8. The molecule has 5 nitrogen and oxygen atoms in total. The van der Waals surface area contributed by atoms with E-state index in [-0.39, 0.29) is 12.0 Å². The van der Waals surface area contributed by atoms with Gasteiger partial charge in [0, 0.05) is 17.2 Å². The van der Waals surface area contributed by atoms with E-state index in [2.05, 4.69) is 0 Å². The first-order valence-corrected chi connectivity index (χ1v) is 11.6. The Morgan fingerprint density at radius 3 is 2.87 bits per heavy atom. The van der Waals surface area contributed by atoms with E-state index in [4.69, 9.17) is 38.0 Å². The summed E-state index contributed by atoms with van der Waals surface area (Å²) in [4.78, 5) is 15.1. The van der Waals surface area contributed by atoms with E-state index in [0.29, 0.717) is 38.9 Å². The van der Waals surface area contributed by atoms with E-state index in [1.165, 1.54) is 11.8 Å². The fourth-order valence-corrected chi connectivity index (χ4v) is 4.93. The second-order valence-corrected chi connectivity index (χ2v) is 9.30. The Balaban J connectivity index is 1.47. The van der Waals surface area contributed by atoms with Crippen LogP contribution in [0.4, 0.5) is 0 Å². The van der Waals surface area contributed by atoms with Crippen LogP contribution >= 0.6 is 35.6 Å². The molecule has 2 fully saturated rings. The number of carbonyl (C=O) groups excluding carboxylic acids is 1. The van der Waals surface area contributed by atoms with Gasteiger partial charge in [-0.3, -0.25) is 9.69 Å². The zero-order valence-electron chi connectivity index (χ0n) is 17.0. The zero-order valence-corrected chi connectivity index (χ0v) is 19.4. The lowest BCUT2D eigenvalue weighted by atomic mass is 10.1. The van der Waals surface area contributed by atoms with Gasteiger partial charge in [-0.05, 0) is 42.7 Å². The molecule has 1 atom stereocenters. The quantitative estimate of drug-likeness (QED) is 0.399. The third kappa shape index (κ3) is 5.23. The van der Waals surface area contributed by atoms with Crippen molar-refractivity contribution in [2.75, 3.05) is 20.3 Å². The van der Waals surface area contributed by atoms with Crippen molar-refractivity contribution >= 4 is 51.9 Å². The van der Waals surface area contributed by atoms with E-state index in [1.54, 1.807) is 12.0 Å². The molecule has 1 amide bonds. The molecule has 0 radical (unpaired) electrons. The van der Waals surface area contributed by atoms with Gasteiger partial charge in [-0.1, -0.05) is 59.8 Å². The molecule has 0 saturated carbocycles. The summed E-state index contributed by atoms with van der Waals surface area (Å²) in [7, 11) is 1.59. The van der Waals surface area contributed by atoms with Crippen molar-refractivity contribution in [1.82, 2.24) is 4.90 Å². The molecule has 0 aromatic heterocycles. The minimum Gasteiger partial charge on any atom is -0.493 e. The van der Waals surface area contributed by atoms with Crippen LogP contribution in [0, 0.1) is 0 Å². The number of amides is 1. The Labute approximate surface area is 196 Å². The van der Waals surface area contributed by atoms with Gasteiger partial charge in [0.25, 0.3) is 5.91 Å². The highest BCUT2D eigenvalue weighted by molar-refractivity contribution is 8.26. The number of thiocarbonyl (C=S) groups is 1. The number of hydrogen-bond donors (Lipinski definition) is 0. The smallest absolute Gasteiger partial charge is 0.266 e. The third-order valence-corrected chi connectivity index (χ3v) is 6.86. The number of carbonyl (C=O) groups is 1. The standard InChI is InChI=1S/C23H22ClNO4S2/c1-27-20-11-15(8-9-19(20)29-14-16-5-2-3-7-18(16)24)12-21-22(26)25(23(30)31-21)13-17-6-4-10-28-17/h2-3,5,7-9,11-12,17H,4,6,10,13-14H2,1H3/b21-12-/t17-/m1/s1. The Hall–Kier alpha value is -2.06. The maximum atomic E-state index is 12.8. The second kappa shape index (κ2) is 10.0. The van der Waals surface area contributed by atoms with Crippen LogP contribution in [0.3, 0.4) is 0 Å². The summed E-state index contributed by atoms with van der Waals surface area (Å²) in [5.41, 5.74) is 1.73. The van der Waals surface area contributed by atoms with Crippen LogP contribution in [0.15, 0.2) is 47.4 Å². The van der Waals surface area contributed by atoms with Gasteiger partial charge in [-0.15, -0.1) is 0 Å². The molecule has 0 N–H and O–H groups in total. The average Bonchev–Trinajstić information content (AvgIpc) is 3.38. The molecule has 0 bridgehead atoms. The number of nitrogens with zero attached hydrogens (tertiary/aromatic N) is 1. The van der Waals surface area contributed by atoms with Crippen molar-refractivity contribution in [2.24, 2.45) is 0 Å². The number of thioether (sulfide) groups is 1. The molecular weight excluding hydrogens is 454 g/mol. The van der Waals surface area contributed by atoms with Gasteiger partial charge in [0.1, 0.15) is 10.9 Å². The van der Waals surface area contributed by atoms with E-state index in [0.717, 1.165) is 30.6 Å². The molecule has 0 aliphatic carbocycles. The van der Waals surface area contributed by atoms with Crippen molar-refractivity contribution in [2.45, 2.75) is 25.6 Å². The Morgan fingerprint density at radius 1 is 1.29 bits per heavy atom. The highest BCUT2D eigenvalue weighted by Crippen LogP contribution is 2.35. The van der Waals surface area contributed by atoms with Crippen LogP contribution in [-0.2, 0) is 16.1 Å². The SMILES string of the molecule is COc1cc(/C=C2\SC(=S)N(C[C@H]3CCCO3)C2=O)ccc1OCc1ccccc1Cl. The van der Waals surface area contributed by atoms with Crippen molar-refractivity contribution in [3.05, 3.63) is 63.5 Å². The molecule has 8 heteroatoms. The molecule has 2 aliphatic heterocycles. The first-order valence-electron chi connectivity index (χ1n) is 9.96. The first-order chi connectivity index (χ1) is 15.0. The molecule has 2 aromatic carbocycles. The molecule has 2 aromatic rings. The van der Waals surface area contributed by atoms with Crippen molar-refractivity contribution < 1.29 is 19.0 Å². The summed E-state index contributed by atoms with van der Waals surface area (Å²) < 4.78 is 17.6. The molecule has 162 valence electrons. The lowest BCUT2D eigenvalue weighted by molar-refractivity contribution is -0.123. The van der Waals surface area contributed by atoms with Gasteiger partial charge in [-0.25, -0.2) is 0 Å². The molecule has 2 aliphatic rings. The number of halogens is 1. The van der Waals surface area contributed by atoms with E-state index >= 15 is 0 Å². The molecule has 4 rings (SSSR count). The number of hydrogen-bond acceptors (Lipinski definition) is 6. The number of ether oxygens (including phenoxy) is 3. The summed E-state index contributed by atoms with van der Waals surface area (Å²) >= 11 is 12.9. The molecule has 2 heterocycles. The van der Waals surface area contributed by atoms with Crippen LogP contribution in [-0.4, -0.2) is 41.5 Å². The Kier molecular flexibility index (Phi) is 7.17.